The van der Waals surface area contributed by atoms with E-state index in [1.807, 2.05) is 36.4 Å². The maximum atomic E-state index is 12.9. The number of carbonyl (C=O) groups is 2. The molecule has 0 saturated heterocycles. The standard InChI is InChI=1S/C52H70N2O13/c1-53(22-18-35-29-46(63-7)47(64-8)31-39(35)41(53)26-34-12-14-42(59-3)44(27-34)61-5)20-10-24-66-48(57)16-17-49(58)67-25-11-21-54(2)23-19-36-28-38(32-55)40(33-56)52(65-9)50(36)51(54)37-13-15-43(60-4)45(30-37)62-6/h12-15,27-31,41,51,55-56H,10-11,16-26,32-33H2,1-9H3/q+2. The van der Waals surface area contributed by atoms with Crippen molar-refractivity contribution >= 4 is 11.9 Å². The van der Waals surface area contributed by atoms with Crippen LogP contribution in [0.5, 0.6) is 40.2 Å². The molecule has 0 bridgehead atoms. The molecule has 4 aromatic rings. The number of aliphatic hydroxyl groups is 2. The summed E-state index contributed by atoms with van der Waals surface area (Å²) in [7, 11) is 15.8. The normalized spacial score (nSPS) is 19.6. The molecule has 0 amide bonds. The number of benzene rings is 4. The minimum Gasteiger partial charge on any atom is -0.496 e. The van der Waals surface area contributed by atoms with Crippen LogP contribution in [0, 0.1) is 0 Å². The molecule has 4 unspecified atom stereocenters. The highest BCUT2D eigenvalue weighted by Crippen LogP contribution is 2.48. The zero-order valence-electron chi connectivity index (χ0n) is 40.7. The average Bonchev–Trinajstić information content (AvgIpc) is 3.35. The van der Waals surface area contributed by atoms with E-state index in [0.29, 0.717) is 81.7 Å². The fourth-order valence-electron chi connectivity index (χ4n) is 10.2. The van der Waals surface area contributed by atoms with Crippen molar-refractivity contribution in [3.63, 3.8) is 0 Å². The van der Waals surface area contributed by atoms with Gasteiger partial charge in [0, 0.05) is 48.8 Å². The first kappa shape index (κ1) is 50.7. The Kier molecular flexibility index (Phi) is 17.3. The predicted molar refractivity (Wildman–Crippen MR) is 251 cm³/mol. The number of esters is 2. The number of hydrogen-bond donors (Lipinski definition) is 2. The lowest BCUT2D eigenvalue weighted by atomic mass is 9.82. The van der Waals surface area contributed by atoms with E-state index in [0.717, 1.165) is 59.2 Å². The van der Waals surface area contributed by atoms with Gasteiger partial charge in [0.15, 0.2) is 34.5 Å². The topological polar surface area (TPSA) is 158 Å². The zero-order chi connectivity index (χ0) is 48.3. The lowest BCUT2D eigenvalue weighted by Gasteiger charge is -2.46. The molecule has 67 heavy (non-hydrogen) atoms. The number of quaternary nitrogens is 2. The van der Waals surface area contributed by atoms with E-state index in [1.54, 1.807) is 49.8 Å². The average molecular weight is 931 g/mol. The number of fused-ring (bicyclic) bond motifs is 2. The second-order valence-electron chi connectivity index (χ2n) is 17.8. The van der Waals surface area contributed by atoms with Gasteiger partial charge in [-0.15, -0.1) is 0 Å². The second kappa shape index (κ2) is 22.8. The molecule has 0 saturated carbocycles. The van der Waals surface area contributed by atoms with E-state index in [9.17, 15) is 19.8 Å². The number of methoxy groups -OCH3 is 7. The molecular formula is C52H70N2O13+2. The van der Waals surface area contributed by atoms with Crippen molar-refractivity contribution < 1.29 is 71.4 Å². The van der Waals surface area contributed by atoms with Gasteiger partial charge in [-0.3, -0.25) is 9.59 Å². The molecule has 2 aliphatic heterocycles. The number of hydrogen-bond acceptors (Lipinski definition) is 13. The number of ether oxygens (including phenoxy) is 9. The lowest BCUT2D eigenvalue weighted by molar-refractivity contribution is -0.941. The summed E-state index contributed by atoms with van der Waals surface area (Å²) in [6.45, 7) is 2.95. The summed E-state index contributed by atoms with van der Waals surface area (Å²) in [5.74, 6) is 3.58. The number of likely N-dealkylation sites (N-methyl/N-ethyl adjacent to an activating group) is 2. The van der Waals surface area contributed by atoms with Gasteiger partial charge >= 0.3 is 11.9 Å². The van der Waals surface area contributed by atoms with Crippen molar-refractivity contribution in [3.05, 3.63) is 99.1 Å². The Morgan fingerprint density at radius 2 is 1.13 bits per heavy atom. The first-order valence-electron chi connectivity index (χ1n) is 22.9. The first-order chi connectivity index (χ1) is 32.3. The fourth-order valence-corrected chi connectivity index (χ4v) is 10.2. The Morgan fingerprint density at radius 1 is 0.597 bits per heavy atom. The summed E-state index contributed by atoms with van der Waals surface area (Å²) >= 11 is 0. The molecule has 4 atom stereocenters. The van der Waals surface area contributed by atoms with Crippen LogP contribution >= 0.6 is 0 Å². The van der Waals surface area contributed by atoms with Crippen molar-refractivity contribution in [3.8, 4) is 40.2 Å². The van der Waals surface area contributed by atoms with Crippen molar-refractivity contribution in [2.24, 2.45) is 0 Å². The number of rotatable bonds is 23. The maximum absolute atomic E-state index is 12.9. The van der Waals surface area contributed by atoms with Gasteiger partial charge in [-0.2, -0.15) is 0 Å². The third-order valence-electron chi connectivity index (χ3n) is 13.9. The first-order valence-corrected chi connectivity index (χ1v) is 22.9. The Hall–Kier alpha value is -5.74. The fraction of sp³-hybridized carbons (Fsp3) is 0.500. The van der Waals surface area contributed by atoms with Gasteiger partial charge < -0.3 is 61.8 Å². The molecule has 4 aromatic carbocycles. The summed E-state index contributed by atoms with van der Waals surface area (Å²) < 4.78 is 52.4. The molecule has 0 radical (unpaired) electrons. The largest absolute Gasteiger partial charge is 0.496 e. The maximum Gasteiger partial charge on any atom is 0.306 e. The summed E-state index contributed by atoms with van der Waals surface area (Å²) in [6.07, 6.45) is 3.35. The summed E-state index contributed by atoms with van der Waals surface area (Å²) in [5.41, 5.74) is 7.65. The molecule has 2 N–H and O–H groups in total. The minimum atomic E-state index is -0.457. The van der Waals surface area contributed by atoms with Gasteiger partial charge in [-0.1, -0.05) is 12.1 Å². The molecule has 0 fully saturated rings. The van der Waals surface area contributed by atoms with E-state index < -0.39 is 11.9 Å². The molecule has 15 nitrogen and oxygen atoms in total. The van der Waals surface area contributed by atoms with Crippen molar-refractivity contribution in [2.75, 3.05) is 103 Å². The van der Waals surface area contributed by atoms with Crippen LogP contribution in [-0.2, 0) is 51.5 Å². The van der Waals surface area contributed by atoms with Crippen LogP contribution in [0.15, 0.2) is 54.6 Å². The van der Waals surface area contributed by atoms with Gasteiger partial charge in [0.25, 0.3) is 0 Å². The number of nitrogens with zero attached hydrogens (tertiary/aromatic N) is 2. The molecule has 0 spiro atoms. The molecular weight excluding hydrogens is 861 g/mol. The Balaban J connectivity index is 1.04. The molecule has 0 aromatic heterocycles. The highest BCUT2D eigenvalue weighted by atomic mass is 16.5. The second-order valence-corrected chi connectivity index (χ2v) is 17.8. The Labute approximate surface area is 395 Å². The minimum absolute atomic E-state index is 0.0707. The smallest absolute Gasteiger partial charge is 0.306 e. The van der Waals surface area contributed by atoms with E-state index >= 15 is 0 Å². The van der Waals surface area contributed by atoms with Gasteiger partial charge in [0.1, 0.15) is 17.8 Å². The van der Waals surface area contributed by atoms with Crippen molar-refractivity contribution in [2.45, 2.75) is 70.2 Å². The van der Waals surface area contributed by atoms with E-state index in [-0.39, 0.29) is 51.4 Å². The Bertz CT molecular complexity index is 2350. The monoisotopic (exact) mass is 930 g/mol. The van der Waals surface area contributed by atoms with Crippen LogP contribution in [0.2, 0.25) is 0 Å². The van der Waals surface area contributed by atoms with Crippen LogP contribution in [-0.4, -0.2) is 134 Å². The van der Waals surface area contributed by atoms with Crippen LogP contribution in [0.1, 0.15) is 82.3 Å². The van der Waals surface area contributed by atoms with Crippen LogP contribution in [0.3, 0.4) is 0 Å². The van der Waals surface area contributed by atoms with Gasteiger partial charge in [0.2, 0.25) is 0 Å². The van der Waals surface area contributed by atoms with Gasteiger partial charge in [-0.05, 0) is 64.7 Å². The number of carbonyl (C=O) groups excluding carboxylic acids is 2. The van der Waals surface area contributed by atoms with Crippen LogP contribution < -0.4 is 33.2 Å². The highest BCUT2D eigenvalue weighted by molar-refractivity contribution is 5.77. The molecule has 364 valence electrons. The molecule has 6 rings (SSSR count). The SMILES string of the molecule is COc1ccc(CC2c3cc(OC)c(OC)cc3CC[N+]2(C)CCCOC(=O)CCC(=O)OCCC[N+]2(C)CCc3cc(CO)c(CO)c(OC)c3C2c2ccc(OC)c(OC)c2)cc1OC. The zero-order valence-corrected chi connectivity index (χ0v) is 40.7. The van der Waals surface area contributed by atoms with E-state index in [4.69, 9.17) is 42.6 Å². The molecule has 0 aliphatic carbocycles. The third kappa shape index (κ3) is 11.2. The quantitative estimate of drug-likeness (QED) is 0.0475. The number of aliphatic hydroxyl groups excluding tert-OH is 2. The third-order valence-corrected chi connectivity index (χ3v) is 13.9. The summed E-state index contributed by atoms with van der Waals surface area (Å²) in [4.78, 5) is 25.9. The predicted octanol–water partition coefficient (Wildman–Crippen LogP) is 6.46. The Morgan fingerprint density at radius 3 is 1.72 bits per heavy atom. The lowest BCUT2D eigenvalue weighted by Crippen LogP contribution is -2.52. The highest BCUT2D eigenvalue weighted by Gasteiger charge is 2.44. The molecule has 2 heterocycles. The van der Waals surface area contributed by atoms with E-state index in [1.165, 1.54) is 11.1 Å². The van der Waals surface area contributed by atoms with Crippen LogP contribution in [0.4, 0.5) is 0 Å². The molecule has 2 aliphatic rings. The van der Waals surface area contributed by atoms with Crippen LogP contribution in [0.25, 0.3) is 0 Å². The summed E-state index contributed by atoms with van der Waals surface area (Å²) in [5, 5.41) is 20.6. The summed E-state index contributed by atoms with van der Waals surface area (Å²) in [6, 6.07) is 17.9. The van der Waals surface area contributed by atoms with E-state index in [2.05, 4.69) is 32.3 Å². The van der Waals surface area contributed by atoms with Crippen molar-refractivity contribution in [1.29, 1.82) is 0 Å². The van der Waals surface area contributed by atoms with Crippen molar-refractivity contribution in [1.82, 2.24) is 0 Å². The van der Waals surface area contributed by atoms with Gasteiger partial charge in [0.05, 0.1) is 135 Å². The van der Waals surface area contributed by atoms with Gasteiger partial charge in [-0.25, -0.2) is 0 Å². The molecule has 15 heteroatoms.